The lowest BCUT2D eigenvalue weighted by Gasteiger charge is -2.10. The summed E-state index contributed by atoms with van der Waals surface area (Å²) in [4.78, 5) is 7.08. The zero-order valence-electron chi connectivity index (χ0n) is 17.2. The second-order valence-electron chi connectivity index (χ2n) is 6.79. The first kappa shape index (κ1) is 22.8. The molecule has 7 nitrogen and oxygen atoms in total. The number of H-pyrrole nitrogens is 1. The van der Waals surface area contributed by atoms with Crippen LogP contribution in [0.3, 0.4) is 0 Å². The molecular weight excluding hydrogens is 426 g/mol. The molecule has 3 rings (SSSR count). The molecular formula is C21H21F4N7. The van der Waals surface area contributed by atoms with E-state index in [-0.39, 0.29) is 28.6 Å². The van der Waals surface area contributed by atoms with Gasteiger partial charge in [0.15, 0.2) is 5.82 Å². The SMILES string of the molecule is CNc1[nH]c(N)cc(-n2nc(C)cc2C(F)F)nccc1C(=N)c1ccc(C(F)F)cc1. The van der Waals surface area contributed by atoms with Gasteiger partial charge in [0.05, 0.1) is 11.4 Å². The fourth-order valence-corrected chi connectivity index (χ4v) is 3.03. The monoisotopic (exact) mass is 447 g/mol. The summed E-state index contributed by atoms with van der Waals surface area (Å²) < 4.78 is 53.5. The third-order valence-electron chi connectivity index (χ3n) is 4.54. The van der Waals surface area contributed by atoms with Crippen molar-refractivity contribution >= 4 is 17.3 Å². The number of aromatic nitrogens is 4. The Morgan fingerprint density at radius 2 is 1.78 bits per heavy atom. The average Bonchev–Trinajstić information content (AvgIpc) is 3.18. The molecule has 0 amide bonds. The van der Waals surface area contributed by atoms with Crippen LogP contribution in [0.5, 0.6) is 0 Å². The minimum absolute atomic E-state index is 0.00793. The molecule has 0 aliphatic carbocycles. The Labute approximate surface area is 181 Å². The first-order valence-corrected chi connectivity index (χ1v) is 9.44. The smallest absolute Gasteiger partial charge is 0.280 e. The van der Waals surface area contributed by atoms with Crippen molar-refractivity contribution in [2.75, 3.05) is 18.1 Å². The van der Waals surface area contributed by atoms with Gasteiger partial charge in [0.25, 0.3) is 12.9 Å². The molecule has 11 heteroatoms. The third-order valence-corrected chi connectivity index (χ3v) is 4.54. The van der Waals surface area contributed by atoms with Gasteiger partial charge in [0, 0.05) is 36.0 Å². The lowest BCUT2D eigenvalue weighted by atomic mass is 10.0. The first-order valence-electron chi connectivity index (χ1n) is 9.44. The van der Waals surface area contributed by atoms with Crippen LogP contribution in [0.15, 0.2) is 48.7 Å². The number of benzene rings is 1. The number of rotatable bonds is 6. The number of nitrogens with zero attached hydrogens (tertiary/aromatic N) is 3. The number of nitrogens with two attached hydrogens (primary N) is 1. The topological polar surface area (TPSA) is 108 Å². The highest BCUT2D eigenvalue weighted by Gasteiger charge is 2.17. The maximum absolute atomic E-state index is 13.4. The van der Waals surface area contributed by atoms with E-state index in [1.807, 2.05) is 0 Å². The van der Waals surface area contributed by atoms with E-state index in [2.05, 4.69) is 20.4 Å². The summed E-state index contributed by atoms with van der Waals surface area (Å²) in [5.74, 6) is 0.433. The summed E-state index contributed by atoms with van der Waals surface area (Å²) in [6.07, 6.45) is -4.06. The molecule has 0 bridgehead atoms. The second kappa shape index (κ2) is 9.50. The predicted molar refractivity (Wildman–Crippen MR) is 114 cm³/mol. The Balaban J connectivity index is 2.13. The van der Waals surface area contributed by atoms with Crippen molar-refractivity contribution in [2.45, 2.75) is 19.8 Å². The Bertz CT molecular complexity index is 1170. The molecule has 0 aliphatic heterocycles. The maximum Gasteiger partial charge on any atom is 0.280 e. The van der Waals surface area contributed by atoms with E-state index >= 15 is 0 Å². The molecule has 0 fully saturated rings. The fraction of sp³-hybridized carbons (Fsp3) is 0.190. The Morgan fingerprint density at radius 3 is 2.38 bits per heavy atom. The molecule has 0 spiro atoms. The molecule has 0 unspecified atom stereocenters. The van der Waals surface area contributed by atoms with Gasteiger partial charge in [0.2, 0.25) is 0 Å². The van der Waals surface area contributed by atoms with Crippen LogP contribution in [0.25, 0.3) is 5.82 Å². The highest BCUT2D eigenvalue weighted by molar-refractivity contribution is 6.13. The third kappa shape index (κ3) is 4.88. The zero-order valence-corrected chi connectivity index (χ0v) is 17.2. The van der Waals surface area contributed by atoms with Crippen LogP contribution in [0.2, 0.25) is 0 Å². The van der Waals surface area contributed by atoms with Gasteiger partial charge < -0.3 is 16.0 Å². The highest BCUT2D eigenvalue weighted by Crippen LogP contribution is 2.24. The number of hydrogen-bond donors (Lipinski definition) is 4. The van der Waals surface area contributed by atoms with Crippen LogP contribution in [0.4, 0.5) is 29.2 Å². The number of aromatic amines is 1. The number of anilines is 2. The summed E-state index contributed by atoms with van der Waals surface area (Å²) >= 11 is 0. The standard InChI is InChI=1S/C21H21F4N7/c1-11-9-15(20(24)25)32(31-11)17-10-16(26)30-21(28-2)14(7-8-29-17)18(27)12-3-5-13(6-4-12)19(22)23/h3-10,19-20,27-28,30H,26H2,1-2H3. The number of halogens is 4. The average molecular weight is 447 g/mol. The van der Waals surface area contributed by atoms with Gasteiger partial charge in [-0.2, -0.15) is 5.10 Å². The fourth-order valence-electron chi connectivity index (χ4n) is 3.03. The van der Waals surface area contributed by atoms with Crippen molar-refractivity contribution in [3.63, 3.8) is 0 Å². The van der Waals surface area contributed by atoms with Crippen LogP contribution in [-0.4, -0.2) is 32.5 Å². The molecule has 5 N–H and O–H groups in total. The molecule has 0 atom stereocenters. The number of nitrogens with one attached hydrogen (secondary N) is 3. The minimum atomic E-state index is -2.77. The Morgan fingerprint density at radius 1 is 1.09 bits per heavy atom. The van der Waals surface area contributed by atoms with Crippen molar-refractivity contribution in [1.82, 2.24) is 19.7 Å². The number of alkyl halides is 4. The zero-order chi connectivity index (χ0) is 23.4. The largest absolute Gasteiger partial charge is 0.385 e. The maximum atomic E-state index is 13.4. The molecule has 168 valence electrons. The van der Waals surface area contributed by atoms with Gasteiger partial charge in [-0.1, -0.05) is 24.3 Å². The lowest BCUT2D eigenvalue weighted by molar-refractivity contribution is 0.142. The van der Waals surface area contributed by atoms with E-state index < -0.39 is 12.9 Å². The van der Waals surface area contributed by atoms with E-state index in [4.69, 9.17) is 11.1 Å². The quantitative estimate of drug-likeness (QED) is 0.317. The van der Waals surface area contributed by atoms with Crippen LogP contribution in [0.1, 0.15) is 40.9 Å². The summed E-state index contributed by atoms with van der Waals surface area (Å²) in [5.41, 5.74) is 6.65. The van der Waals surface area contributed by atoms with Crippen molar-refractivity contribution in [2.24, 2.45) is 0 Å². The van der Waals surface area contributed by atoms with Crippen LogP contribution in [-0.2, 0) is 0 Å². The molecule has 0 saturated carbocycles. The van der Waals surface area contributed by atoms with Crippen LogP contribution in [0, 0.1) is 12.3 Å². The van der Waals surface area contributed by atoms with E-state index in [0.717, 1.165) is 4.68 Å². The van der Waals surface area contributed by atoms with Gasteiger partial charge >= 0.3 is 0 Å². The van der Waals surface area contributed by atoms with E-state index in [0.29, 0.717) is 22.6 Å². The van der Waals surface area contributed by atoms with Crippen molar-refractivity contribution in [1.29, 1.82) is 5.41 Å². The lowest BCUT2D eigenvalue weighted by Crippen LogP contribution is -2.07. The number of aryl methyl sites for hydroxylation is 1. The van der Waals surface area contributed by atoms with Crippen molar-refractivity contribution in [3.8, 4) is 5.82 Å². The van der Waals surface area contributed by atoms with Crippen LogP contribution >= 0.6 is 0 Å². The molecule has 0 radical (unpaired) electrons. The van der Waals surface area contributed by atoms with Crippen LogP contribution < -0.4 is 11.1 Å². The molecule has 0 saturated heterocycles. The van der Waals surface area contributed by atoms with Gasteiger partial charge in [-0.05, 0) is 19.1 Å². The number of nitrogen functional groups attached to an aromatic ring is 1. The predicted octanol–water partition coefficient (Wildman–Crippen LogP) is 4.94. The summed E-state index contributed by atoms with van der Waals surface area (Å²) in [6, 6.07) is 9.40. The van der Waals surface area contributed by atoms with Crippen molar-refractivity contribution in [3.05, 3.63) is 76.7 Å². The summed E-state index contributed by atoms with van der Waals surface area (Å²) in [7, 11) is 1.60. The molecule has 2 heterocycles. The Kier molecular flexibility index (Phi) is 6.76. The van der Waals surface area contributed by atoms with Gasteiger partial charge in [-0.3, -0.25) is 5.41 Å². The molecule has 1 aromatic carbocycles. The van der Waals surface area contributed by atoms with E-state index in [9.17, 15) is 17.6 Å². The normalized spacial score (nSPS) is 11.0. The van der Waals surface area contributed by atoms with Gasteiger partial charge in [-0.15, -0.1) is 0 Å². The van der Waals surface area contributed by atoms with E-state index in [1.165, 1.54) is 48.7 Å². The van der Waals surface area contributed by atoms with E-state index in [1.54, 1.807) is 14.0 Å². The number of hydrogen-bond acceptors (Lipinski definition) is 5. The summed E-state index contributed by atoms with van der Waals surface area (Å²) in [6.45, 7) is 1.58. The molecule has 0 aliphatic rings. The Hall–Kier alpha value is -3.89. The summed E-state index contributed by atoms with van der Waals surface area (Å²) in [5, 5.41) is 15.5. The molecule has 3 aromatic rings. The second-order valence-corrected chi connectivity index (χ2v) is 6.79. The van der Waals surface area contributed by atoms with Gasteiger partial charge in [-0.25, -0.2) is 27.2 Å². The highest BCUT2D eigenvalue weighted by atomic mass is 19.3. The molecule has 32 heavy (non-hydrogen) atoms. The first-order chi connectivity index (χ1) is 15.2. The van der Waals surface area contributed by atoms with Gasteiger partial charge in [0.1, 0.15) is 17.3 Å². The van der Waals surface area contributed by atoms with Crippen molar-refractivity contribution < 1.29 is 17.6 Å². The molecule has 2 aromatic heterocycles. The minimum Gasteiger partial charge on any atom is -0.385 e.